The lowest BCUT2D eigenvalue weighted by Crippen LogP contribution is -2.33. The number of amides is 1. The lowest BCUT2D eigenvalue weighted by Gasteiger charge is -2.22. The van der Waals surface area contributed by atoms with Crippen molar-refractivity contribution in [3.8, 4) is 5.88 Å². The lowest BCUT2D eigenvalue weighted by atomic mass is 10.1. The molecule has 0 radical (unpaired) electrons. The largest absolute Gasteiger partial charge is 0.475 e. The summed E-state index contributed by atoms with van der Waals surface area (Å²) in [7, 11) is 0. The number of para-hydroxylation sites is 1. The van der Waals surface area contributed by atoms with Gasteiger partial charge in [0.05, 0.1) is 24.9 Å². The highest BCUT2D eigenvalue weighted by molar-refractivity contribution is 6.06. The van der Waals surface area contributed by atoms with E-state index in [1.165, 1.54) is 0 Å². The lowest BCUT2D eigenvalue weighted by molar-refractivity contribution is 0.0965. The van der Waals surface area contributed by atoms with Crippen molar-refractivity contribution in [2.75, 3.05) is 18.1 Å². The van der Waals surface area contributed by atoms with E-state index < -0.39 is 0 Å². The van der Waals surface area contributed by atoms with Gasteiger partial charge in [0.15, 0.2) is 0 Å². The van der Waals surface area contributed by atoms with Crippen molar-refractivity contribution < 1.29 is 14.3 Å². The summed E-state index contributed by atoms with van der Waals surface area (Å²) in [5.74, 6) is 0.447. The van der Waals surface area contributed by atoms with E-state index in [9.17, 15) is 4.79 Å². The average Bonchev–Trinajstić information content (AvgIpc) is 2.77. The molecule has 0 bridgehead atoms. The van der Waals surface area contributed by atoms with Crippen LogP contribution in [-0.4, -0.2) is 30.1 Å². The highest BCUT2D eigenvalue weighted by Gasteiger charge is 2.22. The molecule has 5 heteroatoms. The van der Waals surface area contributed by atoms with Crippen LogP contribution in [0.15, 0.2) is 42.6 Å². The van der Waals surface area contributed by atoms with E-state index in [4.69, 9.17) is 9.47 Å². The molecule has 0 saturated carbocycles. The summed E-state index contributed by atoms with van der Waals surface area (Å²) in [6.07, 6.45) is 1.62. The van der Waals surface area contributed by atoms with Gasteiger partial charge >= 0.3 is 0 Å². The molecule has 23 heavy (non-hydrogen) atoms. The molecule has 1 amide bonds. The Hall–Kier alpha value is -2.40. The Morgan fingerprint density at radius 3 is 2.83 bits per heavy atom. The first-order chi connectivity index (χ1) is 11.1. The summed E-state index contributed by atoms with van der Waals surface area (Å²) in [5.41, 5.74) is 2.46. The molecule has 0 spiro atoms. The summed E-state index contributed by atoms with van der Waals surface area (Å²) in [6.45, 7) is 5.45. The van der Waals surface area contributed by atoms with Crippen LogP contribution in [0.1, 0.15) is 29.8 Å². The first-order valence-electron chi connectivity index (χ1n) is 7.75. The molecule has 0 aliphatic carbocycles. The Morgan fingerprint density at radius 2 is 2.09 bits per heavy atom. The van der Waals surface area contributed by atoms with Gasteiger partial charge in [-0.05, 0) is 26.0 Å². The van der Waals surface area contributed by atoms with Crippen LogP contribution < -0.4 is 9.64 Å². The molecule has 0 atom stereocenters. The average molecular weight is 312 g/mol. The molecule has 0 unspecified atom stereocenters. The normalized spacial score (nSPS) is 14.3. The number of ether oxygens (including phenoxy) is 2. The van der Waals surface area contributed by atoms with E-state index in [0.717, 1.165) is 11.3 Å². The van der Waals surface area contributed by atoms with E-state index in [0.29, 0.717) is 31.2 Å². The number of fused-ring (bicyclic) bond motifs is 1. The van der Waals surface area contributed by atoms with Crippen LogP contribution in [0.2, 0.25) is 0 Å². The third-order valence-corrected chi connectivity index (χ3v) is 3.58. The molecule has 1 aromatic carbocycles. The predicted octanol–water partition coefficient (Wildman–Crippen LogP) is 3.05. The van der Waals surface area contributed by atoms with E-state index in [1.54, 1.807) is 23.2 Å². The van der Waals surface area contributed by atoms with Crippen LogP contribution in [0, 0.1) is 0 Å². The molecule has 0 N–H and O–H groups in total. The summed E-state index contributed by atoms with van der Waals surface area (Å²) in [4.78, 5) is 18.8. The predicted molar refractivity (Wildman–Crippen MR) is 87.8 cm³/mol. The standard InChI is InChI=1S/C18H20N2O3/c1-13(2)23-17-8-7-14(11-19-17)18(21)20-9-10-22-12-15-5-3-4-6-16(15)20/h3-8,11,13H,9-10,12H2,1-2H3. The van der Waals surface area contributed by atoms with Gasteiger partial charge in [0.1, 0.15) is 0 Å². The first-order valence-corrected chi connectivity index (χ1v) is 7.75. The fourth-order valence-electron chi connectivity index (χ4n) is 2.54. The minimum atomic E-state index is -0.0773. The van der Waals surface area contributed by atoms with Crippen molar-refractivity contribution in [2.45, 2.75) is 26.6 Å². The Labute approximate surface area is 135 Å². The third kappa shape index (κ3) is 3.51. The number of nitrogens with zero attached hydrogens (tertiary/aromatic N) is 2. The van der Waals surface area contributed by atoms with Crippen LogP contribution in [0.5, 0.6) is 5.88 Å². The van der Waals surface area contributed by atoms with Crippen molar-refractivity contribution in [1.82, 2.24) is 4.98 Å². The SMILES string of the molecule is CC(C)Oc1ccc(C(=O)N2CCOCc3ccccc32)cn1. The first kappa shape index (κ1) is 15.5. The minimum Gasteiger partial charge on any atom is -0.475 e. The number of hydrogen-bond acceptors (Lipinski definition) is 4. The highest BCUT2D eigenvalue weighted by Crippen LogP contribution is 2.25. The minimum absolute atomic E-state index is 0.0543. The number of aromatic nitrogens is 1. The van der Waals surface area contributed by atoms with Crippen molar-refractivity contribution in [3.63, 3.8) is 0 Å². The van der Waals surface area contributed by atoms with Gasteiger partial charge in [-0.25, -0.2) is 4.98 Å². The van der Waals surface area contributed by atoms with Gasteiger partial charge in [0.25, 0.3) is 5.91 Å². The zero-order chi connectivity index (χ0) is 16.2. The number of carbonyl (C=O) groups excluding carboxylic acids is 1. The molecular formula is C18H20N2O3. The maximum Gasteiger partial charge on any atom is 0.259 e. The van der Waals surface area contributed by atoms with E-state index in [1.807, 2.05) is 38.1 Å². The third-order valence-electron chi connectivity index (χ3n) is 3.58. The Balaban J connectivity index is 1.85. The van der Waals surface area contributed by atoms with Gasteiger partial charge in [-0.1, -0.05) is 18.2 Å². The number of carbonyl (C=O) groups is 1. The number of pyridine rings is 1. The summed E-state index contributed by atoms with van der Waals surface area (Å²) < 4.78 is 11.1. The highest BCUT2D eigenvalue weighted by atomic mass is 16.5. The Bertz CT molecular complexity index is 683. The Kier molecular flexibility index (Phi) is 4.57. The van der Waals surface area contributed by atoms with Crippen LogP contribution in [0.4, 0.5) is 5.69 Å². The van der Waals surface area contributed by atoms with Crippen LogP contribution >= 0.6 is 0 Å². The Morgan fingerprint density at radius 1 is 1.26 bits per heavy atom. The molecule has 2 heterocycles. The molecule has 0 fully saturated rings. The fourth-order valence-corrected chi connectivity index (χ4v) is 2.54. The molecule has 2 aromatic rings. The molecule has 0 saturated heterocycles. The van der Waals surface area contributed by atoms with Gasteiger partial charge in [-0.3, -0.25) is 4.79 Å². The number of benzene rings is 1. The topological polar surface area (TPSA) is 51.7 Å². The smallest absolute Gasteiger partial charge is 0.259 e. The number of rotatable bonds is 3. The maximum atomic E-state index is 12.8. The molecule has 120 valence electrons. The fraction of sp³-hybridized carbons (Fsp3) is 0.333. The molecule has 1 aliphatic rings. The summed E-state index contributed by atoms with van der Waals surface area (Å²) in [6, 6.07) is 11.3. The zero-order valence-corrected chi connectivity index (χ0v) is 13.4. The summed E-state index contributed by atoms with van der Waals surface area (Å²) in [5, 5.41) is 0. The van der Waals surface area contributed by atoms with Crippen LogP contribution in [-0.2, 0) is 11.3 Å². The summed E-state index contributed by atoms with van der Waals surface area (Å²) >= 11 is 0. The van der Waals surface area contributed by atoms with Gasteiger partial charge in [-0.2, -0.15) is 0 Å². The van der Waals surface area contributed by atoms with E-state index in [2.05, 4.69) is 4.98 Å². The molecule has 5 nitrogen and oxygen atoms in total. The van der Waals surface area contributed by atoms with Crippen LogP contribution in [0.25, 0.3) is 0 Å². The second-order valence-corrected chi connectivity index (χ2v) is 5.69. The van der Waals surface area contributed by atoms with E-state index in [-0.39, 0.29) is 12.0 Å². The molecule has 1 aromatic heterocycles. The zero-order valence-electron chi connectivity index (χ0n) is 13.4. The van der Waals surface area contributed by atoms with Gasteiger partial charge in [0.2, 0.25) is 5.88 Å². The van der Waals surface area contributed by atoms with Crippen molar-refractivity contribution in [3.05, 3.63) is 53.7 Å². The molecular weight excluding hydrogens is 292 g/mol. The van der Waals surface area contributed by atoms with E-state index >= 15 is 0 Å². The monoisotopic (exact) mass is 312 g/mol. The van der Waals surface area contributed by atoms with Crippen molar-refractivity contribution in [2.24, 2.45) is 0 Å². The number of anilines is 1. The van der Waals surface area contributed by atoms with Crippen molar-refractivity contribution in [1.29, 1.82) is 0 Å². The van der Waals surface area contributed by atoms with Gasteiger partial charge in [0, 0.05) is 30.1 Å². The molecule has 1 aliphatic heterocycles. The number of hydrogen-bond donors (Lipinski definition) is 0. The quantitative estimate of drug-likeness (QED) is 0.874. The second-order valence-electron chi connectivity index (χ2n) is 5.69. The van der Waals surface area contributed by atoms with Crippen LogP contribution in [0.3, 0.4) is 0 Å². The molecule has 3 rings (SSSR count). The van der Waals surface area contributed by atoms with Gasteiger partial charge < -0.3 is 14.4 Å². The van der Waals surface area contributed by atoms with Crippen molar-refractivity contribution >= 4 is 11.6 Å². The van der Waals surface area contributed by atoms with Gasteiger partial charge in [-0.15, -0.1) is 0 Å². The maximum absolute atomic E-state index is 12.8. The second kappa shape index (κ2) is 6.79.